The summed E-state index contributed by atoms with van der Waals surface area (Å²) in [5.41, 5.74) is 6.45. The summed E-state index contributed by atoms with van der Waals surface area (Å²) >= 11 is 0. The van der Waals surface area contributed by atoms with E-state index in [4.69, 9.17) is 5.73 Å². The van der Waals surface area contributed by atoms with E-state index in [2.05, 4.69) is 5.32 Å². The molecule has 92 valence electrons. The van der Waals surface area contributed by atoms with Crippen molar-refractivity contribution >= 4 is 11.6 Å². The summed E-state index contributed by atoms with van der Waals surface area (Å²) < 4.78 is 13.2. The van der Waals surface area contributed by atoms with E-state index in [1.54, 1.807) is 12.1 Å². The molecule has 1 saturated carbocycles. The van der Waals surface area contributed by atoms with Crippen molar-refractivity contribution in [3.8, 4) is 0 Å². The molecule has 3 N–H and O–H groups in total. The standard InChI is InChI=1S/C13H17FN2O/c1-8(9-2-3-9)13(17)16-11-4-5-12(14)10(6-11)7-15/h4-6,8-9H,2-3,7,15H2,1H3,(H,16,17). The zero-order valence-corrected chi connectivity index (χ0v) is 9.87. The van der Waals surface area contributed by atoms with Gasteiger partial charge in [0.2, 0.25) is 5.91 Å². The predicted molar refractivity (Wildman–Crippen MR) is 64.8 cm³/mol. The number of nitrogens with one attached hydrogen (secondary N) is 1. The summed E-state index contributed by atoms with van der Waals surface area (Å²) in [6.07, 6.45) is 2.26. The van der Waals surface area contributed by atoms with Crippen LogP contribution in [0.3, 0.4) is 0 Å². The highest BCUT2D eigenvalue weighted by molar-refractivity contribution is 5.92. The summed E-state index contributed by atoms with van der Waals surface area (Å²) in [5.74, 6) is 0.216. The Balaban J connectivity index is 2.04. The number of anilines is 1. The molecule has 1 unspecified atom stereocenters. The second-order valence-corrected chi connectivity index (χ2v) is 4.63. The third-order valence-electron chi connectivity index (χ3n) is 3.28. The van der Waals surface area contributed by atoms with Crippen molar-refractivity contribution in [2.45, 2.75) is 26.3 Å². The number of halogens is 1. The highest BCUT2D eigenvalue weighted by Gasteiger charge is 2.32. The van der Waals surface area contributed by atoms with E-state index in [9.17, 15) is 9.18 Å². The smallest absolute Gasteiger partial charge is 0.227 e. The van der Waals surface area contributed by atoms with Gasteiger partial charge in [-0.25, -0.2) is 4.39 Å². The number of rotatable bonds is 4. The largest absolute Gasteiger partial charge is 0.326 e. The Hall–Kier alpha value is -1.42. The minimum Gasteiger partial charge on any atom is -0.326 e. The molecule has 1 aromatic rings. The molecule has 0 spiro atoms. The van der Waals surface area contributed by atoms with Crippen LogP contribution >= 0.6 is 0 Å². The van der Waals surface area contributed by atoms with E-state index >= 15 is 0 Å². The monoisotopic (exact) mass is 236 g/mol. The Bertz CT molecular complexity index is 429. The molecule has 17 heavy (non-hydrogen) atoms. The maximum Gasteiger partial charge on any atom is 0.227 e. The van der Waals surface area contributed by atoms with Crippen molar-refractivity contribution in [2.24, 2.45) is 17.6 Å². The van der Waals surface area contributed by atoms with Crippen molar-refractivity contribution in [1.82, 2.24) is 0 Å². The van der Waals surface area contributed by atoms with Crippen LogP contribution in [0.15, 0.2) is 18.2 Å². The summed E-state index contributed by atoms with van der Waals surface area (Å²) in [5, 5.41) is 2.80. The van der Waals surface area contributed by atoms with Crippen LogP contribution in [-0.2, 0) is 11.3 Å². The third kappa shape index (κ3) is 2.82. The van der Waals surface area contributed by atoms with Crippen molar-refractivity contribution in [1.29, 1.82) is 0 Å². The van der Waals surface area contributed by atoms with Gasteiger partial charge in [-0.3, -0.25) is 4.79 Å². The SMILES string of the molecule is CC(C(=O)Nc1ccc(F)c(CN)c1)C1CC1. The maximum absolute atomic E-state index is 13.2. The molecule has 3 nitrogen and oxygen atoms in total. The van der Waals surface area contributed by atoms with Crippen LogP contribution in [0.5, 0.6) is 0 Å². The van der Waals surface area contributed by atoms with Crippen molar-refractivity contribution in [2.75, 3.05) is 5.32 Å². The second kappa shape index (κ2) is 4.84. The van der Waals surface area contributed by atoms with Crippen molar-refractivity contribution in [3.05, 3.63) is 29.6 Å². The first kappa shape index (κ1) is 12.0. The molecule has 1 fully saturated rings. The first-order valence-corrected chi connectivity index (χ1v) is 5.91. The number of amides is 1. The minimum absolute atomic E-state index is 0.00193. The second-order valence-electron chi connectivity index (χ2n) is 4.63. The maximum atomic E-state index is 13.2. The first-order valence-electron chi connectivity index (χ1n) is 5.91. The minimum atomic E-state index is -0.333. The van der Waals surface area contributed by atoms with Gasteiger partial charge in [0.1, 0.15) is 5.82 Å². The molecule has 0 heterocycles. The number of benzene rings is 1. The zero-order chi connectivity index (χ0) is 12.4. The Morgan fingerprint density at radius 2 is 2.29 bits per heavy atom. The topological polar surface area (TPSA) is 55.1 Å². The van der Waals surface area contributed by atoms with Gasteiger partial charge in [0.15, 0.2) is 0 Å². The summed E-state index contributed by atoms with van der Waals surface area (Å²) in [7, 11) is 0. The van der Waals surface area contributed by atoms with Crippen LogP contribution in [0.1, 0.15) is 25.3 Å². The molecule has 1 aliphatic carbocycles. The van der Waals surface area contributed by atoms with Gasteiger partial charge < -0.3 is 11.1 Å². The van der Waals surface area contributed by atoms with E-state index in [1.165, 1.54) is 6.07 Å². The molecule has 0 radical (unpaired) electrons. The Morgan fingerprint density at radius 1 is 1.59 bits per heavy atom. The first-order chi connectivity index (χ1) is 8.11. The fraction of sp³-hybridized carbons (Fsp3) is 0.462. The number of carbonyl (C=O) groups excluding carboxylic acids is 1. The van der Waals surface area contributed by atoms with E-state index in [0.29, 0.717) is 17.2 Å². The molecular weight excluding hydrogens is 219 g/mol. The molecule has 1 aliphatic rings. The Labute approximate surface area is 100 Å². The third-order valence-corrected chi connectivity index (χ3v) is 3.28. The number of hydrogen-bond acceptors (Lipinski definition) is 2. The van der Waals surface area contributed by atoms with Crippen LogP contribution < -0.4 is 11.1 Å². The van der Waals surface area contributed by atoms with E-state index < -0.39 is 0 Å². The lowest BCUT2D eigenvalue weighted by Crippen LogP contribution is -2.22. The molecule has 0 aliphatic heterocycles. The van der Waals surface area contributed by atoms with Gasteiger partial charge in [0, 0.05) is 23.7 Å². The molecule has 1 atom stereocenters. The van der Waals surface area contributed by atoms with Gasteiger partial charge >= 0.3 is 0 Å². The number of nitrogens with two attached hydrogens (primary N) is 1. The molecule has 2 rings (SSSR count). The van der Waals surface area contributed by atoms with Crippen LogP contribution in [0, 0.1) is 17.7 Å². The van der Waals surface area contributed by atoms with Gasteiger partial charge in [-0.1, -0.05) is 6.92 Å². The van der Waals surface area contributed by atoms with E-state index in [-0.39, 0.29) is 24.2 Å². The average Bonchev–Trinajstić information content (AvgIpc) is 3.14. The molecule has 0 bridgehead atoms. The Kier molecular flexibility index (Phi) is 3.43. The van der Waals surface area contributed by atoms with Crippen LogP contribution in [-0.4, -0.2) is 5.91 Å². The lowest BCUT2D eigenvalue weighted by Gasteiger charge is -2.12. The highest BCUT2D eigenvalue weighted by Crippen LogP contribution is 2.37. The number of hydrogen-bond donors (Lipinski definition) is 2. The predicted octanol–water partition coefficient (Wildman–Crippen LogP) is 2.27. The molecule has 1 amide bonds. The highest BCUT2D eigenvalue weighted by atomic mass is 19.1. The van der Waals surface area contributed by atoms with Gasteiger partial charge in [0.25, 0.3) is 0 Å². The fourth-order valence-corrected chi connectivity index (χ4v) is 1.88. The normalized spacial score (nSPS) is 16.6. The Morgan fingerprint density at radius 3 is 2.88 bits per heavy atom. The molecule has 0 saturated heterocycles. The van der Waals surface area contributed by atoms with Gasteiger partial charge in [0.05, 0.1) is 0 Å². The number of carbonyl (C=O) groups is 1. The molecule has 1 aromatic carbocycles. The van der Waals surface area contributed by atoms with Gasteiger partial charge in [-0.15, -0.1) is 0 Å². The zero-order valence-electron chi connectivity index (χ0n) is 9.87. The van der Waals surface area contributed by atoms with E-state index in [1.807, 2.05) is 6.92 Å². The summed E-state index contributed by atoms with van der Waals surface area (Å²) in [6, 6.07) is 4.48. The van der Waals surface area contributed by atoms with Crippen LogP contribution in [0.2, 0.25) is 0 Å². The molecule has 4 heteroatoms. The fourth-order valence-electron chi connectivity index (χ4n) is 1.88. The lowest BCUT2D eigenvalue weighted by molar-refractivity contribution is -0.119. The summed E-state index contributed by atoms with van der Waals surface area (Å²) in [6.45, 7) is 2.06. The average molecular weight is 236 g/mol. The van der Waals surface area contributed by atoms with E-state index in [0.717, 1.165) is 12.8 Å². The van der Waals surface area contributed by atoms with Gasteiger partial charge in [-0.2, -0.15) is 0 Å². The van der Waals surface area contributed by atoms with Crippen molar-refractivity contribution < 1.29 is 9.18 Å². The lowest BCUT2D eigenvalue weighted by atomic mass is 10.1. The quantitative estimate of drug-likeness (QED) is 0.842. The van der Waals surface area contributed by atoms with Crippen LogP contribution in [0.4, 0.5) is 10.1 Å². The van der Waals surface area contributed by atoms with Crippen LogP contribution in [0.25, 0.3) is 0 Å². The van der Waals surface area contributed by atoms with Gasteiger partial charge in [-0.05, 0) is 37.0 Å². The summed E-state index contributed by atoms with van der Waals surface area (Å²) in [4.78, 5) is 11.8. The van der Waals surface area contributed by atoms with Crippen molar-refractivity contribution in [3.63, 3.8) is 0 Å². The molecule has 0 aromatic heterocycles. The molecular formula is C13H17FN2O.